The van der Waals surface area contributed by atoms with E-state index in [0.717, 1.165) is 6.54 Å². The second-order valence-corrected chi connectivity index (χ2v) is 6.76. The number of para-hydroxylation sites is 1. The first-order valence-corrected chi connectivity index (χ1v) is 9.02. The SMILES string of the molecule is CCCOS(=O)(=O)[O-].CCC[n+]1c(C)sc2ccccc21. The van der Waals surface area contributed by atoms with Gasteiger partial charge in [0.1, 0.15) is 11.2 Å². The fraction of sp³-hybridized carbons (Fsp3) is 0.500. The molecule has 0 saturated carbocycles. The zero-order chi connectivity index (χ0) is 15.9. The van der Waals surface area contributed by atoms with Gasteiger partial charge in [-0.25, -0.2) is 8.42 Å². The molecule has 2 rings (SSSR count). The monoisotopic (exact) mass is 331 g/mol. The Morgan fingerprint density at radius 3 is 2.43 bits per heavy atom. The Hall–Kier alpha value is -1.02. The molecule has 0 N–H and O–H groups in total. The zero-order valence-corrected chi connectivity index (χ0v) is 14.2. The van der Waals surface area contributed by atoms with Crippen molar-refractivity contribution in [2.75, 3.05) is 6.61 Å². The minimum atomic E-state index is -4.44. The van der Waals surface area contributed by atoms with Gasteiger partial charge in [0.2, 0.25) is 20.9 Å². The van der Waals surface area contributed by atoms with Gasteiger partial charge in [-0.15, -0.1) is 0 Å². The van der Waals surface area contributed by atoms with Crippen molar-refractivity contribution < 1.29 is 21.7 Å². The molecule has 7 heteroatoms. The molecule has 0 radical (unpaired) electrons. The van der Waals surface area contributed by atoms with Crippen LogP contribution in [-0.4, -0.2) is 19.6 Å². The van der Waals surface area contributed by atoms with E-state index in [2.05, 4.69) is 46.9 Å². The largest absolute Gasteiger partial charge is 0.726 e. The number of fused-ring (bicyclic) bond motifs is 1. The third kappa shape index (κ3) is 6.09. The molecular weight excluding hydrogens is 310 g/mol. The first-order valence-electron chi connectivity index (χ1n) is 6.87. The van der Waals surface area contributed by atoms with Crippen LogP contribution in [-0.2, 0) is 21.1 Å². The topological polar surface area (TPSA) is 70.3 Å². The highest BCUT2D eigenvalue weighted by atomic mass is 32.3. The molecule has 1 heterocycles. The molecule has 5 nitrogen and oxygen atoms in total. The Balaban J connectivity index is 0.000000240. The lowest BCUT2D eigenvalue weighted by Crippen LogP contribution is -2.34. The van der Waals surface area contributed by atoms with Crippen LogP contribution >= 0.6 is 11.3 Å². The van der Waals surface area contributed by atoms with E-state index in [-0.39, 0.29) is 6.61 Å². The second-order valence-electron chi connectivity index (χ2n) is 4.47. The van der Waals surface area contributed by atoms with E-state index in [9.17, 15) is 13.0 Å². The molecule has 0 bridgehead atoms. The van der Waals surface area contributed by atoms with Crippen LogP contribution in [0.2, 0.25) is 0 Å². The number of benzene rings is 1. The molecule has 0 atom stereocenters. The molecule has 0 aliphatic rings. The van der Waals surface area contributed by atoms with Gasteiger partial charge in [0.05, 0.1) is 6.61 Å². The summed E-state index contributed by atoms with van der Waals surface area (Å²) in [6, 6.07) is 8.61. The standard InChI is InChI=1S/C11H14NS.C3H8O4S/c1-3-8-12-9(2)13-11-7-5-4-6-10(11)12;1-2-3-7-8(4,5)6/h4-7H,3,8H2,1-2H3;2-3H2,1H3,(H,4,5,6)/q+1;/p-1. The summed E-state index contributed by atoms with van der Waals surface area (Å²) in [4.78, 5) is 0. The van der Waals surface area contributed by atoms with Crippen molar-refractivity contribution in [3.8, 4) is 0 Å². The van der Waals surface area contributed by atoms with E-state index in [0.29, 0.717) is 6.42 Å². The lowest BCUT2D eigenvalue weighted by Gasteiger charge is -2.04. The van der Waals surface area contributed by atoms with Crippen molar-refractivity contribution >= 4 is 32.0 Å². The van der Waals surface area contributed by atoms with E-state index in [1.165, 1.54) is 21.6 Å². The molecule has 1 aromatic carbocycles. The quantitative estimate of drug-likeness (QED) is 0.480. The van der Waals surface area contributed by atoms with Gasteiger partial charge in [0, 0.05) is 19.4 Å². The number of aromatic nitrogens is 1. The smallest absolute Gasteiger partial charge is 0.235 e. The lowest BCUT2D eigenvalue weighted by molar-refractivity contribution is -0.672. The summed E-state index contributed by atoms with van der Waals surface area (Å²) in [5.74, 6) is 0. The van der Waals surface area contributed by atoms with Crippen molar-refractivity contribution in [3.05, 3.63) is 29.3 Å². The van der Waals surface area contributed by atoms with Gasteiger partial charge in [0.25, 0.3) is 0 Å². The molecule has 0 aliphatic carbocycles. The minimum absolute atomic E-state index is 0.0220. The summed E-state index contributed by atoms with van der Waals surface area (Å²) < 4.78 is 36.4. The predicted octanol–water partition coefficient (Wildman–Crippen LogP) is 2.78. The summed E-state index contributed by atoms with van der Waals surface area (Å²) in [5.41, 5.74) is 1.38. The van der Waals surface area contributed by atoms with Crippen molar-refractivity contribution in [1.82, 2.24) is 0 Å². The molecule has 0 unspecified atom stereocenters. The molecule has 0 aliphatic heterocycles. The Labute approximate surface area is 130 Å². The van der Waals surface area contributed by atoms with Crippen molar-refractivity contribution in [1.29, 1.82) is 0 Å². The van der Waals surface area contributed by atoms with Crippen LogP contribution in [0.5, 0.6) is 0 Å². The van der Waals surface area contributed by atoms with E-state index in [1.807, 2.05) is 11.3 Å². The summed E-state index contributed by atoms with van der Waals surface area (Å²) in [6.07, 6.45) is 1.73. The fourth-order valence-electron chi connectivity index (χ4n) is 1.84. The van der Waals surface area contributed by atoms with Gasteiger partial charge in [-0.3, -0.25) is 4.18 Å². The molecule has 1 aromatic heterocycles. The van der Waals surface area contributed by atoms with Gasteiger partial charge in [-0.05, 0) is 12.5 Å². The average Bonchev–Trinajstić information content (AvgIpc) is 2.73. The van der Waals surface area contributed by atoms with Gasteiger partial charge >= 0.3 is 0 Å². The highest BCUT2D eigenvalue weighted by Crippen LogP contribution is 2.19. The molecule has 0 amide bonds. The molecule has 2 aromatic rings. The van der Waals surface area contributed by atoms with Crippen LogP contribution in [0.1, 0.15) is 31.7 Å². The van der Waals surface area contributed by atoms with E-state index in [1.54, 1.807) is 6.92 Å². The number of nitrogens with zero attached hydrogens (tertiary/aromatic N) is 1. The molecule has 21 heavy (non-hydrogen) atoms. The first-order chi connectivity index (χ1) is 9.89. The maximum absolute atomic E-state index is 9.61. The van der Waals surface area contributed by atoms with E-state index in [4.69, 9.17) is 0 Å². The highest BCUT2D eigenvalue weighted by molar-refractivity contribution is 7.80. The van der Waals surface area contributed by atoms with Crippen LogP contribution in [0.4, 0.5) is 0 Å². The van der Waals surface area contributed by atoms with Crippen LogP contribution in [0.3, 0.4) is 0 Å². The molecule has 0 saturated heterocycles. The minimum Gasteiger partial charge on any atom is -0.726 e. The van der Waals surface area contributed by atoms with Gasteiger partial charge < -0.3 is 4.55 Å². The summed E-state index contributed by atoms with van der Waals surface area (Å²) in [7, 11) is -4.44. The van der Waals surface area contributed by atoms with Crippen molar-refractivity contribution in [2.24, 2.45) is 0 Å². The third-order valence-corrected chi connectivity index (χ3v) is 4.21. The van der Waals surface area contributed by atoms with Gasteiger partial charge in [0.15, 0.2) is 0 Å². The van der Waals surface area contributed by atoms with E-state index < -0.39 is 10.4 Å². The van der Waals surface area contributed by atoms with Crippen LogP contribution in [0, 0.1) is 6.92 Å². The molecule has 0 fully saturated rings. The Bertz CT molecular complexity index is 665. The second kappa shape index (κ2) is 8.43. The molecule has 118 valence electrons. The average molecular weight is 331 g/mol. The van der Waals surface area contributed by atoms with Crippen LogP contribution in [0.25, 0.3) is 10.2 Å². The first kappa shape index (κ1) is 18.0. The number of hydrogen-bond acceptors (Lipinski definition) is 5. The maximum Gasteiger partial charge on any atom is 0.235 e. The normalized spacial score (nSPS) is 11.2. The summed E-state index contributed by atoms with van der Waals surface area (Å²) >= 11 is 1.88. The molecule has 0 spiro atoms. The van der Waals surface area contributed by atoms with Gasteiger partial charge in [-0.2, -0.15) is 4.57 Å². The number of hydrogen-bond donors (Lipinski definition) is 0. The predicted molar refractivity (Wildman–Crippen MR) is 83.0 cm³/mol. The molecular formula is C14H21NO4S2. The lowest BCUT2D eigenvalue weighted by atomic mass is 10.3. The summed E-state index contributed by atoms with van der Waals surface area (Å²) in [5, 5.41) is 1.41. The van der Waals surface area contributed by atoms with Gasteiger partial charge in [-0.1, -0.05) is 37.3 Å². The number of aryl methyl sites for hydroxylation is 2. The Kier molecular flexibility index (Phi) is 7.24. The van der Waals surface area contributed by atoms with Crippen LogP contribution in [0.15, 0.2) is 24.3 Å². The highest BCUT2D eigenvalue weighted by Gasteiger charge is 2.14. The summed E-state index contributed by atoms with van der Waals surface area (Å²) in [6.45, 7) is 7.24. The fourth-order valence-corrected chi connectivity index (χ4v) is 3.26. The van der Waals surface area contributed by atoms with Crippen molar-refractivity contribution in [2.45, 2.75) is 40.2 Å². The van der Waals surface area contributed by atoms with Crippen LogP contribution < -0.4 is 4.57 Å². The van der Waals surface area contributed by atoms with E-state index >= 15 is 0 Å². The maximum atomic E-state index is 9.61. The Morgan fingerprint density at radius 2 is 1.90 bits per heavy atom. The number of rotatable bonds is 5. The Morgan fingerprint density at radius 1 is 1.24 bits per heavy atom. The van der Waals surface area contributed by atoms with Crippen molar-refractivity contribution in [3.63, 3.8) is 0 Å². The third-order valence-electron chi connectivity index (χ3n) is 2.67. The zero-order valence-electron chi connectivity index (χ0n) is 12.5. The number of thiazole rings is 1.